The van der Waals surface area contributed by atoms with Crippen LogP contribution >= 0.6 is 0 Å². The van der Waals surface area contributed by atoms with Crippen molar-refractivity contribution in [2.24, 2.45) is 0 Å². The number of esters is 1. The summed E-state index contributed by atoms with van der Waals surface area (Å²) >= 11 is 0. The normalized spacial score (nSPS) is 28.5. The van der Waals surface area contributed by atoms with Gasteiger partial charge in [0.05, 0.1) is 13.0 Å². The first kappa shape index (κ1) is 14.8. The van der Waals surface area contributed by atoms with Crippen molar-refractivity contribution in [3.8, 4) is 0 Å². The fourth-order valence-corrected chi connectivity index (χ4v) is 3.45. The molecule has 4 heteroatoms. The quantitative estimate of drug-likeness (QED) is 0.748. The summed E-state index contributed by atoms with van der Waals surface area (Å²) in [6.07, 6.45) is 8.45. The second-order valence-electron chi connectivity index (χ2n) is 5.71. The van der Waals surface area contributed by atoms with Gasteiger partial charge in [-0.2, -0.15) is 0 Å². The van der Waals surface area contributed by atoms with Crippen LogP contribution in [0.2, 0.25) is 0 Å². The van der Waals surface area contributed by atoms with E-state index < -0.39 is 0 Å². The van der Waals surface area contributed by atoms with E-state index in [-0.39, 0.29) is 5.97 Å². The van der Waals surface area contributed by atoms with E-state index in [0.29, 0.717) is 25.1 Å². The van der Waals surface area contributed by atoms with E-state index in [1.54, 1.807) is 0 Å². The Bertz CT molecular complexity index is 277. The Hall–Kier alpha value is -0.610. The van der Waals surface area contributed by atoms with E-state index >= 15 is 0 Å². The molecule has 4 nitrogen and oxygen atoms in total. The van der Waals surface area contributed by atoms with Crippen LogP contribution in [0, 0.1) is 0 Å². The van der Waals surface area contributed by atoms with E-state index in [0.717, 1.165) is 6.54 Å². The standard InChI is InChI=1S/C15H28N2O2/c1-2-19-15(18)9-10-16-13-7-3-4-8-14(13)17-11-5-6-12-17/h13-14,16H,2-12H2,1H3/t13-,14-/m1/s1. The molecular formula is C15H28N2O2. The van der Waals surface area contributed by atoms with Gasteiger partial charge < -0.3 is 10.1 Å². The van der Waals surface area contributed by atoms with Crippen LogP contribution in [0.25, 0.3) is 0 Å². The Balaban J connectivity index is 1.74. The average Bonchev–Trinajstić information content (AvgIpc) is 2.93. The SMILES string of the molecule is CCOC(=O)CCN[C@@H]1CCCC[C@H]1N1CCCC1. The zero-order valence-electron chi connectivity index (χ0n) is 12.2. The molecule has 0 aromatic rings. The van der Waals surface area contributed by atoms with E-state index in [9.17, 15) is 4.79 Å². The summed E-state index contributed by atoms with van der Waals surface area (Å²) in [6.45, 7) is 5.63. The molecule has 1 saturated carbocycles. The molecule has 0 bridgehead atoms. The molecule has 2 aliphatic rings. The molecule has 0 aromatic heterocycles. The van der Waals surface area contributed by atoms with E-state index in [1.807, 2.05) is 6.92 Å². The summed E-state index contributed by atoms with van der Waals surface area (Å²) in [5.74, 6) is -0.0801. The lowest BCUT2D eigenvalue weighted by molar-refractivity contribution is -0.143. The molecule has 0 spiro atoms. The predicted octanol–water partition coefficient (Wildman–Crippen LogP) is 1.94. The van der Waals surface area contributed by atoms with Crippen molar-refractivity contribution in [2.75, 3.05) is 26.2 Å². The number of hydrogen-bond donors (Lipinski definition) is 1. The van der Waals surface area contributed by atoms with Crippen molar-refractivity contribution in [2.45, 2.75) is 64.0 Å². The molecule has 0 amide bonds. The minimum absolute atomic E-state index is 0.0801. The molecule has 1 heterocycles. The number of hydrogen-bond acceptors (Lipinski definition) is 4. The van der Waals surface area contributed by atoms with Crippen LogP contribution in [0.15, 0.2) is 0 Å². The van der Waals surface area contributed by atoms with Gasteiger partial charge in [0.15, 0.2) is 0 Å². The molecule has 1 N–H and O–H groups in total. The third kappa shape index (κ3) is 4.46. The smallest absolute Gasteiger partial charge is 0.307 e. The number of rotatable bonds is 6. The number of carbonyl (C=O) groups excluding carboxylic acids is 1. The summed E-state index contributed by atoms with van der Waals surface area (Å²) in [6, 6.07) is 1.26. The number of carbonyl (C=O) groups is 1. The van der Waals surface area contributed by atoms with E-state index in [2.05, 4.69) is 10.2 Å². The number of likely N-dealkylation sites (tertiary alicyclic amines) is 1. The highest BCUT2D eigenvalue weighted by Crippen LogP contribution is 2.26. The van der Waals surface area contributed by atoms with Gasteiger partial charge in [0.1, 0.15) is 0 Å². The second kappa shape index (κ2) is 7.85. The monoisotopic (exact) mass is 268 g/mol. The lowest BCUT2D eigenvalue weighted by Crippen LogP contribution is -2.51. The summed E-state index contributed by atoms with van der Waals surface area (Å²) in [7, 11) is 0. The zero-order chi connectivity index (χ0) is 13.5. The minimum atomic E-state index is -0.0801. The Labute approximate surface area is 116 Å². The van der Waals surface area contributed by atoms with Gasteiger partial charge in [-0.25, -0.2) is 0 Å². The first-order valence-corrected chi connectivity index (χ1v) is 7.94. The highest BCUT2D eigenvalue weighted by Gasteiger charge is 2.31. The van der Waals surface area contributed by atoms with Gasteiger partial charge in [0.2, 0.25) is 0 Å². The lowest BCUT2D eigenvalue weighted by Gasteiger charge is -2.38. The highest BCUT2D eigenvalue weighted by atomic mass is 16.5. The number of nitrogens with zero attached hydrogens (tertiary/aromatic N) is 1. The minimum Gasteiger partial charge on any atom is -0.466 e. The Morgan fingerprint density at radius 1 is 1.21 bits per heavy atom. The Kier molecular flexibility index (Phi) is 6.11. The predicted molar refractivity (Wildman–Crippen MR) is 76.1 cm³/mol. The Morgan fingerprint density at radius 2 is 1.95 bits per heavy atom. The molecule has 0 aromatic carbocycles. The van der Waals surface area contributed by atoms with Gasteiger partial charge in [-0.15, -0.1) is 0 Å². The molecule has 0 radical (unpaired) electrons. The lowest BCUT2D eigenvalue weighted by atomic mass is 9.89. The molecule has 1 saturated heterocycles. The molecule has 2 atom stereocenters. The maximum Gasteiger partial charge on any atom is 0.307 e. The fraction of sp³-hybridized carbons (Fsp3) is 0.933. The van der Waals surface area contributed by atoms with Crippen LogP contribution in [-0.4, -0.2) is 49.2 Å². The van der Waals surface area contributed by atoms with Crippen molar-refractivity contribution in [1.29, 1.82) is 0 Å². The topological polar surface area (TPSA) is 41.6 Å². The highest BCUT2D eigenvalue weighted by molar-refractivity contribution is 5.69. The van der Waals surface area contributed by atoms with Crippen LogP contribution in [0.1, 0.15) is 51.9 Å². The fourth-order valence-electron chi connectivity index (χ4n) is 3.45. The second-order valence-corrected chi connectivity index (χ2v) is 5.71. The molecule has 19 heavy (non-hydrogen) atoms. The van der Waals surface area contributed by atoms with Crippen LogP contribution < -0.4 is 5.32 Å². The molecule has 1 aliphatic carbocycles. The van der Waals surface area contributed by atoms with Gasteiger partial charge in [-0.3, -0.25) is 9.69 Å². The molecule has 110 valence electrons. The van der Waals surface area contributed by atoms with Crippen molar-refractivity contribution in [3.63, 3.8) is 0 Å². The van der Waals surface area contributed by atoms with E-state index in [4.69, 9.17) is 4.74 Å². The summed E-state index contributed by atoms with van der Waals surface area (Å²) in [5, 5.41) is 3.60. The first-order valence-electron chi connectivity index (χ1n) is 7.94. The van der Waals surface area contributed by atoms with Crippen LogP contribution in [0.3, 0.4) is 0 Å². The molecule has 1 aliphatic heterocycles. The summed E-state index contributed by atoms with van der Waals surface area (Å²) in [4.78, 5) is 14.0. The van der Waals surface area contributed by atoms with E-state index in [1.165, 1.54) is 51.6 Å². The van der Waals surface area contributed by atoms with Crippen molar-refractivity contribution >= 4 is 5.97 Å². The summed E-state index contributed by atoms with van der Waals surface area (Å²) < 4.78 is 4.97. The van der Waals surface area contributed by atoms with Crippen molar-refractivity contribution in [3.05, 3.63) is 0 Å². The van der Waals surface area contributed by atoms with Crippen LogP contribution in [0.4, 0.5) is 0 Å². The number of nitrogens with one attached hydrogen (secondary N) is 1. The number of ether oxygens (including phenoxy) is 1. The Morgan fingerprint density at radius 3 is 2.68 bits per heavy atom. The van der Waals surface area contributed by atoms with Gasteiger partial charge >= 0.3 is 5.97 Å². The van der Waals surface area contributed by atoms with Gasteiger partial charge in [0, 0.05) is 18.6 Å². The van der Waals surface area contributed by atoms with Crippen LogP contribution in [0.5, 0.6) is 0 Å². The summed E-state index contributed by atoms with van der Waals surface area (Å²) in [5.41, 5.74) is 0. The third-order valence-electron chi connectivity index (χ3n) is 4.38. The van der Waals surface area contributed by atoms with Crippen LogP contribution in [-0.2, 0) is 9.53 Å². The average molecular weight is 268 g/mol. The van der Waals surface area contributed by atoms with Gasteiger partial charge in [-0.1, -0.05) is 12.8 Å². The largest absolute Gasteiger partial charge is 0.466 e. The van der Waals surface area contributed by atoms with Gasteiger partial charge in [0.25, 0.3) is 0 Å². The third-order valence-corrected chi connectivity index (χ3v) is 4.38. The molecular weight excluding hydrogens is 240 g/mol. The van der Waals surface area contributed by atoms with Gasteiger partial charge in [-0.05, 0) is 45.7 Å². The maximum absolute atomic E-state index is 11.3. The van der Waals surface area contributed by atoms with Crippen molar-refractivity contribution < 1.29 is 9.53 Å². The molecule has 2 fully saturated rings. The zero-order valence-corrected chi connectivity index (χ0v) is 12.2. The first-order chi connectivity index (χ1) is 9.31. The maximum atomic E-state index is 11.3. The van der Waals surface area contributed by atoms with Crippen molar-refractivity contribution in [1.82, 2.24) is 10.2 Å². The molecule has 2 rings (SSSR count). The molecule has 0 unspecified atom stereocenters.